The van der Waals surface area contributed by atoms with Gasteiger partial charge in [0, 0.05) is 18.8 Å². The number of aromatic nitrogens is 1. The summed E-state index contributed by atoms with van der Waals surface area (Å²) in [5, 5.41) is 0. The minimum absolute atomic E-state index is 0.0237. The lowest BCUT2D eigenvalue weighted by atomic mass is 9.97. The molecule has 2 heterocycles. The molecule has 2 atom stereocenters. The molecule has 6 nitrogen and oxygen atoms in total. The first-order valence-electron chi connectivity index (χ1n) is 9.46. The van der Waals surface area contributed by atoms with Gasteiger partial charge in [0.25, 0.3) is 0 Å². The summed E-state index contributed by atoms with van der Waals surface area (Å²) in [6.07, 6.45) is 6.20. The Labute approximate surface area is 156 Å². The second-order valence-corrected chi connectivity index (χ2v) is 7.91. The first-order valence-corrected chi connectivity index (χ1v) is 9.46. The van der Waals surface area contributed by atoms with Crippen molar-refractivity contribution in [3.63, 3.8) is 0 Å². The van der Waals surface area contributed by atoms with Crippen molar-refractivity contribution in [2.24, 2.45) is 0 Å². The van der Waals surface area contributed by atoms with Crippen LogP contribution in [0.15, 0.2) is 18.3 Å². The second-order valence-electron chi connectivity index (χ2n) is 7.91. The molecule has 0 spiro atoms. The Balaban J connectivity index is 2.24. The highest BCUT2D eigenvalue weighted by Gasteiger charge is 2.28. The summed E-state index contributed by atoms with van der Waals surface area (Å²) in [4.78, 5) is 31.9. The molecule has 0 N–H and O–H groups in total. The van der Waals surface area contributed by atoms with E-state index in [-0.39, 0.29) is 18.2 Å². The zero-order valence-corrected chi connectivity index (χ0v) is 16.6. The highest BCUT2D eigenvalue weighted by molar-refractivity contribution is 5.87. The SMILES string of the molecule is CCC(C)N(C(=O)OC(C)(C)C)c1ccc(C2CCCCN2C=O)cn1. The summed E-state index contributed by atoms with van der Waals surface area (Å²) in [6.45, 7) is 10.4. The number of hydrogen-bond donors (Lipinski definition) is 0. The van der Waals surface area contributed by atoms with Gasteiger partial charge in [-0.3, -0.25) is 9.69 Å². The zero-order chi connectivity index (χ0) is 19.3. The van der Waals surface area contributed by atoms with E-state index in [0.717, 1.165) is 44.2 Å². The van der Waals surface area contributed by atoms with E-state index in [1.807, 2.05) is 51.7 Å². The summed E-state index contributed by atoms with van der Waals surface area (Å²) in [5.74, 6) is 0.575. The molecular formula is C20H31N3O3. The van der Waals surface area contributed by atoms with Gasteiger partial charge in [-0.15, -0.1) is 0 Å². The number of amides is 2. The van der Waals surface area contributed by atoms with Crippen LogP contribution in [0.5, 0.6) is 0 Å². The maximum atomic E-state index is 12.7. The molecule has 6 heteroatoms. The van der Waals surface area contributed by atoms with Crippen molar-refractivity contribution >= 4 is 18.3 Å². The Morgan fingerprint density at radius 2 is 2.15 bits per heavy atom. The standard InChI is InChI=1S/C20H31N3O3/c1-6-15(2)23(19(25)26-20(3,4)5)18-11-10-16(13-21-18)17-9-7-8-12-22(17)14-24/h10-11,13-15,17H,6-9,12H2,1-5H3. The molecule has 2 amide bonds. The van der Waals surface area contributed by atoms with E-state index in [1.54, 1.807) is 11.1 Å². The van der Waals surface area contributed by atoms with Gasteiger partial charge in [0.05, 0.1) is 6.04 Å². The topological polar surface area (TPSA) is 62.7 Å². The summed E-state index contributed by atoms with van der Waals surface area (Å²) in [7, 11) is 0. The van der Waals surface area contributed by atoms with Crippen LogP contribution in [-0.4, -0.2) is 40.6 Å². The van der Waals surface area contributed by atoms with Gasteiger partial charge in [-0.1, -0.05) is 13.0 Å². The van der Waals surface area contributed by atoms with E-state index in [4.69, 9.17) is 4.74 Å². The molecule has 2 unspecified atom stereocenters. The molecule has 144 valence electrons. The number of nitrogens with zero attached hydrogens (tertiary/aromatic N) is 3. The van der Waals surface area contributed by atoms with Crippen molar-refractivity contribution in [1.29, 1.82) is 0 Å². The van der Waals surface area contributed by atoms with E-state index >= 15 is 0 Å². The second kappa shape index (κ2) is 8.52. The highest BCUT2D eigenvalue weighted by Crippen LogP contribution is 2.30. The van der Waals surface area contributed by atoms with Crippen LogP contribution in [0.25, 0.3) is 0 Å². The van der Waals surface area contributed by atoms with Gasteiger partial charge in [-0.25, -0.2) is 9.78 Å². The van der Waals surface area contributed by atoms with Gasteiger partial charge < -0.3 is 9.64 Å². The van der Waals surface area contributed by atoms with E-state index < -0.39 is 5.60 Å². The minimum Gasteiger partial charge on any atom is -0.443 e. The van der Waals surface area contributed by atoms with Crippen molar-refractivity contribution < 1.29 is 14.3 Å². The van der Waals surface area contributed by atoms with Crippen molar-refractivity contribution in [2.45, 2.75) is 78.0 Å². The largest absolute Gasteiger partial charge is 0.443 e. The fourth-order valence-corrected chi connectivity index (χ4v) is 3.17. The van der Waals surface area contributed by atoms with E-state index in [0.29, 0.717) is 5.82 Å². The molecule has 1 saturated heterocycles. The highest BCUT2D eigenvalue weighted by atomic mass is 16.6. The maximum absolute atomic E-state index is 12.7. The molecule has 0 radical (unpaired) electrons. The fraction of sp³-hybridized carbons (Fsp3) is 0.650. The van der Waals surface area contributed by atoms with Gasteiger partial charge in [0.1, 0.15) is 11.4 Å². The number of ether oxygens (including phenoxy) is 1. The van der Waals surface area contributed by atoms with Crippen LogP contribution in [0.1, 0.15) is 71.9 Å². The van der Waals surface area contributed by atoms with Crippen LogP contribution in [0, 0.1) is 0 Å². The first-order chi connectivity index (χ1) is 12.3. The average Bonchev–Trinajstić information content (AvgIpc) is 2.60. The summed E-state index contributed by atoms with van der Waals surface area (Å²) in [6, 6.07) is 3.86. The molecule has 1 fully saturated rings. The average molecular weight is 361 g/mol. The number of anilines is 1. The van der Waals surface area contributed by atoms with Gasteiger partial charge in [0.15, 0.2) is 0 Å². The summed E-state index contributed by atoms with van der Waals surface area (Å²) >= 11 is 0. The van der Waals surface area contributed by atoms with E-state index in [9.17, 15) is 9.59 Å². The quantitative estimate of drug-likeness (QED) is 0.733. The molecule has 1 aromatic rings. The normalized spacial score (nSPS) is 19.0. The van der Waals surface area contributed by atoms with Crippen molar-refractivity contribution in [3.8, 4) is 0 Å². The van der Waals surface area contributed by atoms with Gasteiger partial charge in [-0.2, -0.15) is 0 Å². The lowest BCUT2D eigenvalue weighted by Crippen LogP contribution is -2.42. The van der Waals surface area contributed by atoms with Crippen LogP contribution in [-0.2, 0) is 9.53 Å². The Kier molecular flexibility index (Phi) is 6.62. The maximum Gasteiger partial charge on any atom is 0.416 e. The lowest BCUT2D eigenvalue weighted by molar-refractivity contribution is -0.121. The van der Waals surface area contributed by atoms with Gasteiger partial charge in [-0.05, 0) is 65.0 Å². The number of carbonyl (C=O) groups excluding carboxylic acids is 2. The third kappa shape index (κ3) is 4.96. The first kappa shape index (κ1) is 20.2. The molecule has 1 aliphatic heterocycles. The number of likely N-dealkylation sites (tertiary alicyclic amines) is 1. The van der Waals surface area contributed by atoms with Crippen LogP contribution in [0.2, 0.25) is 0 Å². The number of carbonyl (C=O) groups is 2. The predicted octanol–water partition coefficient (Wildman–Crippen LogP) is 4.31. The zero-order valence-electron chi connectivity index (χ0n) is 16.6. The number of rotatable bonds is 5. The third-order valence-corrected chi connectivity index (χ3v) is 4.70. The minimum atomic E-state index is -0.560. The Hall–Kier alpha value is -2.11. The van der Waals surface area contributed by atoms with Crippen LogP contribution in [0.3, 0.4) is 0 Å². The molecule has 0 bridgehead atoms. The number of piperidine rings is 1. The van der Waals surface area contributed by atoms with E-state index in [1.165, 1.54) is 0 Å². The Morgan fingerprint density at radius 1 is 1.42 bits per heavy atom. The molecule has 0 saturated carbocycles. The van der Waals surface area contributed by atoms with Crippen LogP contribution >= 0.6 is 0 Å². The number of hydrogen-bond acceptors (Lipinski definition) is 4. The van der Waals surface area contributed by atoms with Gasteiger partial charge >= 0.3 is 6.09 Å². The molecule has 2 rings (SSSR count). The lowest BCUT2D eigenvalue weighted by Gasteiger charge is -2.33. The van der Waals surface area contributed by atoms with Gasteiger partial charge in [0.2, 0.25) is 6.41 Å². The molecule has 26 heavy (non-hydrogen) atoms. The molecule has 0 aromatic carbocycles. The Bertz CT molecular complexity index is 610. The smallest absolute Gasteiger partial charge is 0.416 e. The van der Waals surface area contributed by atoms with Crippen molar-refractivity contribution in [2.75, 3.05) is 11.4 Å². The Morgan fingerprint density at radius 3 is 2.69 bits per heavy atom. The van der Waals surface area contributed by atoms with E-state index in [2.05, 4.69) is 4.98 Å². The summed E-state index contributed by atoms with van der Waals surface area (Å²) in [5.41, 5.74) is 0.448. The number of pyridine rings is 1. The van der Waals surface area contributed by atoms with Crippen molar-refractivity contribution in [3.05, 3.63) is 23.9 Å². The third-order valence-electron chi connectivity index (χ3n) is 4.70. The van der Waals surface area contributed by atoms with Crippen LogP contribution in [0.4, 0.5) is 10.6 Å². The fourth-order valence-electron chi connectivity index (χ4n) is 3.17. The van der Waals surface area contributed by atoms with Crippen molar-refractivity contribution in [1.82, 2.24) is 9.88 Å². The van der Waals surface area contributed by atoms with Crippen LogP contribution < -0.4 is 4.90 Å². The molecule has 1 aromatic heterocycles. The molecule has 0 aliphatic carbocycles. The molecule has 1 aliphatic rings. The predicted molar refractivity (Wildman–Crippen MR) is 102 cm³/mol. The monoisotopic (exact) mass is 361 g/mol. The summed E-state index contributed by atoms with van der Waals surface area (Å²) < 4.78 is 5.55. The molecular weight excluding hydrogens is 330 g/mol.